The lowest BCUT2D eigenvalue weighted by atomic mass is 9.93. The van der Waals surface area contributed by atoms with Crippen LogP contribution in [0.25, 0.3) is 0 Å². The van der Waals surface area contributed by atoms with Crippen LogP contribution in [0.1, 0.15) is 5.56 Å². The Labute approximate surface area is 135 Å². The Morgan fingerprint density at radius 1 is 1.32 bits per heavy atom. The Kier molecular flexibility index (Phi) is 4.10. The predicted molar refractivity (Wildman–Crippen MR) is 89.0 cm³/mol. The van der Waals surface area contributed by atoms with Crippen molar-refractivity contribution in [1.82, 2.24) is 9.88 Å². The number of fused-ring (bicyclic) bond motifs is 1. The average molecular weight is 315 g/mol. The third-order valence-electron chi connectivity index (χ3n) is 4.71. The van der Waals surface area contributed by atoms with Gasteiger partial charge in [-0.15, -0.1) is 0 Å². The Balaban J connectivity index is 1.32. The molecule has 1 N–H and O–H groups in total. The molecule has 2 aliphatic rings. The summed E-state index contributed by atoms with van der Waals surface area (Å²) in [6.45, 7) is 5.10. The van der Waals surface area contributed by atoms with E-state index < -0.39 is 0 Å². The van der Waals surface area contributed by atoms with Crippen molar-refractivity contribution in [3.05, 3.63) is 46.8 Å². The van der Waals surface area contributed by atoms with Crippen molar-refractivity contribution in [3.8, 4) is 0 Å². The molecule has 2 aliphatic heterocycles. The van der Waals surface area contributed by atoms with E-state index in [4.69, 9.17) is 4.74 Å². The second-order valence-electron chi connectivity index (χ2n) is 6.22. The molecule has 2 aromatic rings. The highest BCUT2D eigenvalue weighted by atomic mass is 32.1. The number of rotatable bonds is 5. The maximum atomic E-state index is 6.03. The van der Waals surface area contributed by atoms with Crippen LogP contribution in [-0.4, -0.2) is 42.2 Å². The monoisotopic (exact) mass is 315 g/mol. The van der Waals surface area contributed by atoms with Gasteiger partial charge in [-0.25, -0.2) is 4.98 Å². The van der Waals surface area contributed by atoms with Crippen molar-refractivity contribution in [2.24, 2.45) is 11.8 Å². The number of nitrogens with zero attached hydrogens (tertiary/aromatic N) is 2. The van der Waals surface area contributed by atoms with E-state index in [1.165, 1.54) is 5.56 Å². The second-order valence-corrected chi connectivity index (χ2v) is 7.00. The highest BCUT2D eigenvalue weighted by molar-refractivity contribution is 7.07. The Bertz CT molecular complexity index is 589. The molecule has 0 aliphatic carbocycles. The summed E-state index contributed by atoms with van der Waals surface area (Å²) in [5.74, 6) is 2.19. The highest BCUT2D eigenvalue weighted by Crippen LogP contribution is 2.34. The van der Waals surface area contributed by atoms with Crippen molar-refractivity contribution >= 4 is 17.2 Å². The largest absolute Gasteiger partial charge is 0.376 e. The lowest BCUT2D eigenvalue weighted by Crippen LogP contribution is -2.27. The molecule has 0 spiro atoms. The fourth-order valence-electron chi connectivity index (χ4n) is 3.56. The molecule has 5 heteroatoms. The van der Waals surface area contributed by atoms with Gasteiger partial charge in [0.15, 0.2) is 0 Å². The van der Waals surface area contributed by atoms with Crippen molar-refractivity contribution in [3.63, 3.8) is 0 Å². The number of thiophene rings is 1. The van der Waals surface area contributed by atoms with Gasteiger partial charge in [0.1, 0.15) is 5.82 Å². The first kappa shape index (κ1) is 14.2. The molecule has 4 nitrogen and oxygen atoms in total. The summed E-state index contributed by atoms with van der Waals surface area (Å²) in [5.41, 5.74) is 1.42. The van der Waals surface area contributed by atoms with Crippen LogP contribution in [0.2, 0.25) is 0 Å². The van der Waals surface area contributed by atoms with Crippen LogP contribution in [0.5, 0.6) is 0 Å². The van der Waals surface area contributed by atoms with Crippen molar-refractivity contribution in [1.29, 1.82) is 0 Å². The normalized spacial score (nSPS) is 27.9. The molecule has 116 valence electrons. The fraction of sp³-hybridized carbons (Fsp3) is 0.471. The molecule has 4 heterocycles. The Morgan fingerprint density at radius 2 is 2.32 bits per heavy atom. The maximum Gasteiger partial charge on any atom is 0.125 e. The van der Waals surface area contributed by atoms with Gasteiger partial charge < -0.3 is 10.1 Å². The van der Waals surface area contributed by atoms with Gasteiger partial charge >= 0.3 is 0 Å². The number of hydrogen-bond donors (Lipinski definition) is 1. The van der Waals surface area contributed by atoms with Crippen molar-refractivity contribution in [2.45, 2.75) is 12.6 Å². The molecule has 2 fully saturated rings. The van der Waals surface area contributed by atoms with Gasteiger partial charge in [-0.1, -0.05) is 6.07 Å². The number of anilines is 1. The number of hydrogen-bond acceptors (Lipinski definition) is 5. The zero-order valence-corrected chi connectivity index (χ0v) is 13.3. The van der Waals surface area contributed by atoms with Gasteiger partial charge in [0.05, 0.1) is 12.7 Å². The molecule has 0 unspecified atom stereocenters. The molecule has 2 aromatic heterocycles. The molecule has 3 atom stereocenters. The summed E-state index contributed by atoms with van der Waals surface area (Å²) in [4.78, 5) is 6.86. The Hall–Kier alpha value is -1.43. The molecule has 2 saturated heterocycles. The highest BCUT2D eigenvalue weighted by Gasteiger charge is 2.43. The van der Waals surface area contributed by atoms with Gasteiger partial charge in [0, 0.05) is 44.2 Å². The molecular formula is C17H21N3OS. The van der Waals surface area contributed by atoms with Crippen molar-refractivity contribution in [2.75, 3.05) is 31.6 Å². The van der Waals surface area contributed by atoms with Gasteiger partial charge in [-0.05, 0) is 34.5 Å². The molecule has 0 bridgehead atoms. The first-order valence-corrected chi connectivity index (χ1v) is 8.83. The van der Waals surface area contributed by atoms with Crippen LogP contribution in [0, 0.1) is 11.8 Å². The molecule has 0 radical (unpaired) electrons. The molecular weight excluding hydrogens is 294 g/mol. The van der Waals surface area contributed by atoms with Gasteiger partial charge in [-0.3, -0.25) is 4.90 Å². The van der Waals surface area contributed by atoms with Gasteiger partial charge in [0.2, 0.25) is 0 Å². The third kappa shape index (κ3) is 3.02. The van der Waals surface area contributed by atoms with Gasteiger partial charge in [0.25, 0.3) is 0 Å². The summed E-state index contributed by atoms with van der Waals surface area (Å²) in [6, 6.07) is 8.20. The summed E-state index contributed by atoms with van der Waals surface area (Å²) in [5, 5.41) is 7.85. The number of nitrogens with one attached hydrogen (secondary N) is 1. The summed E-state index contributed by atoms with van der Waals surface area (Å²) in [7, 11) is 0. The van der Waals surface area contributed by atoms with Gasteiger partial charge in [-0.2, -0.15) is 11.3 Å². The predicted octanol–water partition coefficient (Wildman–Crippen LogP) is 2.70. The summed E-state index contributed by atoms with van der Waals surface area (Å²) < 4.78 is 6.03. The molecule has 4 rings (SSSR count). The van der Waals surface area contributed by atoms with E-state index >= 15 is 0 Å². The fourth-order valence-corrected chi connectivity index (χ4v) is 4.22. The smallest absolute Gasteiger partial charge is 0.125 e. The second kappa shape index (κ2) is 6.36. The molecule has 0 amide bonds. The lowest BCUT2D eigenvalue weighted by molar-refractivity contribution is 0.0946. The topological polar surface area (TPSA) is 37.4 Å². The average Bonchev–Trinajstić information content (AvgIpc) is 3.25. The van der Waals surface area contributed by atoms with Crippen LogP contribution >= 0.6 is 11.3 Å². The quantitative estimate of drug-likeness (QED) is 0.920. The van der Waals surface area contributed by atoms with E-state index in [1.54, 1.807) is 11.3 Å². The van der Waals surface area contributed by atoms with Crippen LogP contribution in [0.15, 0.2) is 41.2 Å². The van der Waals surface area contributed by atoms with E-state index in [1.807, 2.05) is 24.4 Å². The van der Waals surface area contributed by atoms with Crippen LogP contribution in [0.4, 0.5) is 5.82 Å². The SMILES string of the molecule is c1ccc(NC[C@H]2CO[C@H]3CN(Cc4ccsc4)C[C@@H]23)nc1. The minimum atomic E-state index is 0.411. The first-order valence-electron chi connectivity index (χ1n) is 7.88. The van der Waals surface area contributed by atoms with Crippen molar-refractivity contribution < 1.29 is 4.74 Å². The van der Waals surface area contributed by atoms with E-state index in [9.17, 15) is 0 Å². The molecule has 0 saturated carbocycles. The van der Waals surface area contributed by atoms with E-state index in [-0.39, 0.29) is 0 Å². The number of aromatic nitrogens is 1. The van der Waals surface area contributed by atoms with E-state index in [0.29, 0.717) is 17.9 Å². The molecule has 0 aromatic carbocycles. The molecule has 22 heavy (non-hydrogen) atoms. The first-order chi connectivity index (χ1) is 10.9. The third-order valence-corrected chi connectivity index (χ3v) is 5.44. The number of likely N-dealkylation sites (tertiary alicyclic amines) is 1. The Morgan fingerprint density at radius 3 is 3.14 bits per heavy atom. The number of pyridine rings is 1. The minimum Gasteiger partial charge on any atom is -0.376 e. The zero-order valence-electron chi connectivity index (χ0n) is 12.5. The number of ether oxygens (including phenoxy) is 1. The van der Waals surface area contributed by atoms with E-state index in [0.717, 1.165) is 38.6 Å². The van der Waals surface area contributed by atoms with Crippen LogP contribution in [-0.2, 0) is 11.3 Å². The maximum absolute atomic E-state index is 6.03. The van der Waals surface area contributed by atoms with Crippen LogP contribution in [0.3, 0.4) is 0 Å². The minimum absolute atomic E-state index is 0.411. The summed E-state index contributed by atoms with van der Waals surface area (Å²) >= 11 is 1.78. The lowest BCUT2D eigenvalue weighted by Gasteiger charge is -2.19. The standard InChI is InChI=1S/C17H21N3OS/c1-2-5-18-17(3-1)19-7-14-11-21-16-10-20(9-15(14)16)8-13-4-6-22-12-13/h1-6,12,14-16H,7-11H2,(H,18,19)/t14-,15-,16-/m0/s1. The zero-order chi connectivity index (χ0) is 14.8. The summed E-state index contributed by atoms with van der Waals surface area (Å²) in [6.07, 6.45) is 2.24. The van der Waals surface area contributed by atoms with E-state index in [2.05, 4.69) is 32.0 Å². The van der Waals surface area contributed by atoms with Crippen LogP contribution < -0.4 is 5.32 Å².